The maximum Gasteiger partial charge on any atom is 0.169 e. The van der Waals surface area contributed by atoms with Crippen molar-refractivity contribution in [3.05, 3.63) is 112 Å². The second kappa shape index (κ2) is 9.69. The molecule has 0 aromatic heterocycles. The average Bonchev–Trinajstić information content (AvgIpc) is 2.87. The van der Waals surface area contributed by atoms with Crippen molar-refractivity contribution in [2.45, 2.75) is 25.6 Å². The van der Waals surface area contributed by atoms with Crippen LogP contribution in [0.4, 0.5) is 11.4 Å². The Morgan fingerprint density at radius 1 is 1.03 bits per heavy atom. The van der Waals surface area contributed by atoms with Gasteiger partial charge in [0.15, 0.2) is 12.0 Å². The van der Waals surface area contributed by atoms with Crippen LogP contribution in [-0.2, 0) is 4.79 Å². The second-order valence-electron chi connectivity index (χ2n) is 9.17. The number of aryl methyl sites for hydroxylation is 1. The Morgan fingerprint density at radius 3 is 2.53 bits per heavy atom. The van der Waals surface area contributed by atoms with Crippen molar-refractivity contribution >= 4 is 45.3 Å². The minimum Gasteiger partial charge on any atom is -0.507 e. The van der Waals surface area contributed by atoms with Gasteiger partial charge in [0.1, 0.15) is 5.76 Å². The zero-order chi connectivity index (χ0) is 25.4. The number of nitrogens with zero attached hydrogens (tertiary/aromatic N) is 1. The Balaban J connectivity index is 1.53. The third kappa shape index (κ3) is 4.43. The molecule has 0 amide bonds. The van der Waals surface area contributed by atoms with Gasteiger partial charge in [-0.05, 0) is 53.8 Å². The maximum atomic E-state index is 13.7. The predicted molar refractivity (Wildman–Crippen MR) is 147 cm³/mol. The van der Waals surface area contributed by atoms with Crippen LogP contribution >= 0.6 is 11.6 Å². The van der Waals surface area contributed by atoms with Gasteiger partial charge in [-0.15, -0.1) is 0 Å². The van der Waals surface area contributed by atoms with Crippen molar-refractivity contribution in [1.82, 2.24) is 0 Å². The van der Waals surface area contributed by atoms with E-state index >= 15 is 0 Å². The minimum atomic E-state index is -1.25. The molecule has 3 N–H and O–H groups in total. The summed E-state index contributed by atoms with van der Waals surface area (Å²) in [5, 5.41) is 28.3. The molecule has 36 heavy (non-hydrogen) atoms. The molecule has 2 unspecified atom stereocenters. The number of rotatable bonds is 6. The number of ketones is 1. The molecule has 0 bridgehead atoms. The van der Waals surface area contributed by atoms with Crippen LogP contribution in [0, 0.1) is 6.92 Å². The van der Waals surface area contributed by atoms with Crippen LogP contribution in [0.1, 0.15) is 29.2 Å². The maximum absolute atomic E-state index is 13.7. The van der Waals surface area contributed by atoms with Gasteiger partial charge in [0.2, 0.25) is 0 Å². The number of aliphatic hydroxyl groups excluding tert-OH is 2. The molecule has 0 fully saturated rings. The summed E-state index contributed by atoms with van der Waals surface area (Å²) < 4.78 is 0. The zero-order valence-electron chi connectivity index (χ0n) is 20.1. The Bertz CT molecular complexity index is 1470. The molecular weight excluding hydrogens is 472 g/mol. The summed E-state index contributed by atoms with van der Waals surface area (Å²) in [6, 6.07) is 26.5. The van der Waals surface area contributed by atoms with Crippen LogP contribution in [0.25, 0.3) is 16.5 Å². The first-order valence-corrected chi connectivity index (χ1v) is 12.2. The lowest BCUT2D eigenvalue weighted by Crippen LogP contribution is -2.40. The van der Waals surface area contributed by atoms with Gasteiger partial charge in [-0.2, -0.15) is 0 Å². The van der Waals surface area contributed by atoms with Gasteiger partial charge in [0.05, 0.1) is 11.6 Å². The number of anilines is 2. The van der Waals surface area contributed by atoms with Crippen molar-refractivity contribution in [2.75, 3.05) is 17.3 Å². The van der Waals surface area contributed by atoms with E-state index in [2.05, 4.69) is 5.32 Å². The summed E-state index contributed by atoms with van der Waals surface area (Å²) >= 11 is 6.13. The minimum absolute atomic E-state index is 0.00691. The summed E-state index contributed by atoms with van der Waals surface area (Å²) in [5.74, 6) is -0.522. The number of carbonyl (C=O) groups is 1. The molecule has 0 spiro atoms. The third-order valence-corrected chi connectivity index (χ3v) is 7.00. The molecule has 1 heterocycles. The SMILES string of the molecule is Cc1ccc2c(c1)N(C)C(O)C(C(=O)CC(Nc1cccc3ccccc13)c1ccc(Cl)cc1)=C2O. The van der Waals surface area contributed by atoms with Crippen molar-refractivity contribution in [3.8, 4) is 0 Å². The fourth-order valence-corrected chi connectivity index (χ4v) is 4.91. The predicted octanol–water partition coefficient (Wildman–Crippen LogP) is 6.65. The summed E-state index contributed by atoms with van der Waals surface area (Å²) in [4.78, 5) is 15.3. The van der Waals surface area contributed by atoms with Gasteiger partial charge in [0.25, 0.3) is 0 Å². The van der Waals surface area contributed by atoms with Crippen molar-refractivity contribution in [3.63, 3.8) is 0 Å². The molecule has 182 valence electrons. The third-order valence-electron chi connectivity index (χ3n) is 6.75. The quantitative estimate of drug-likeness (QED) is 0.277. The van der Waals surface area contributed by atoms with E-state index in [1.165, 1.54) is 0 Å². The first-order chi connectivity index (χ1) is 17.3. The number of fused-ring (bicyclic) bond motifs is 2. The number of halogens is 1. The lowest BCUT2D eigenvalue weighted by atomic mass is 9.91. The normalized spacial score (nSPS) is 16.1. The van der Waals surface area contributed by atoms with Crippen LogP contribution in [0.2, 0.25) is 5.02 Å². The van der Waals surface area contributed by atoms with Crippen molar-refractivity contribution in [2.24, 2.45) is 0 Å². The first-order valence-electron chi connectivity index (χ1n) is 11.8. The smallest absolute Gasteiger partial charge is 0.169 e. The van der Waals surface area contributed by atoms with E-state index in [1.54, 1.807) is 30.1 Å². The standard InChI is InChI=1S/C30H27ClN2O3/c1-18-10-15-23-26(16-18)33(2)30(36)28(29(23)35)27(34)17-25(20-11-13-21(31)14-12-20)32-24-9-5-7-19-6-3-4-8-22(19)24/h3-16,25,30,32,35-36H,17H2,1-2H3. The molecular formula is C30H27ClN2O3. The van der Waals surface area contributed by atoms with E-state index < -0.39 is 12.3 Å². The van der Waals surface area contributed by atoms with Gasteiger partial charge >= 0.3 is 0 Å². The number of Topliss-reactive ketones (excluding diaryl/α,β-unsaturated/α-hetero) is 1. The summed E-state index contributed by atoms with van der Waals surface area (Å²) in [5.41, 5.74) is 3.96. The topological polar surface area (TPSA) is 72.8 Å². The van der Waals surface area contributed by atoms with Gasteiger partial charge in [-0.25, -0.2) is 0 Å². The zero-order valence-corrected chi connectivity index (χ0v) is 20.8. The van der Waals surface area contributed by atoms with Crippen LogP contribution < -0.4 is 10.2 Å². The first kappa shape index (κ1) is 23.9. The molecule has 5 nitrogen and oxygen atoms in total. The largest absolute Gasteiger partial charge is 0.507 e. The number of aliphatic hydroxyl groups is 2. The van der Waals surface area contributed by atoms with E-state index in [-0.39, 0.29) is 23.5 Å². The van der Waals surface area contributed by atoms with E-state index in [1.807, 2.05) is 73.7 Å². The number of hydrogen-bond donors (Lipinski definition) is 3. The number of benzene rings is 4. The second-order valence-corrected chi connectivity index (χ2v) is 9.61. The highest BCUT2D eigenvalue weighted by Crippen LogP contribution is 2.38. The lowest BCUT2D eigenvalue weighted by molar-refractivity contribution is -0.116. The molecule has 6 heteroatoms. The molecule has 5 rings (SSSR count). The van der Waals surface area contributed by atoms with Gasteiger partial charge in [-0.1, -0.05) is 66.2 Å². The highest BCUT2D eigenvalue weighted by molar-refractivity contribution is 6.30. The van der Waals surface area contributed by atoms with Crippen molar-refractivity contribution in [1.29, 1.82) is 0 Å². The highest BCUT2D eigenvalue weighted by atomic mass is 35.5. The Morgan fingerprint density at radius 2 is 1.75 bits per heavy atom. The Labute approximate surface area is 215 Å². The average molecular weight is 499 g/mol. The molecule has 1 aliphatic rings. The van der Waals surface area contributed by atoms with E-state index in [4.69, 9.17) is 11.6 Å². The van der Waals surface area contributed by atoms with Crippen molar-refractivity contribution < 1.29 is 15.0 Å². The molecule has 4 aromatic rings. The number of carbonyl (C=O) groups excluding carboxylic acids is 1. The molecule has 0 aliphatic carbocycles. The van der Waals surface area contributed by atoms with Gasteiger partial charge in [-0.3, -0.25) is 4.79 Å². The molecule has 1 aliphatic heterocycles. The Hall–Kier alpha value is -3.80. The fourth-order valence-electron chi connectivity index (χ4n) is 4.78. The molecule has 0 saturated heterocycles. The number of likely N-dealkylation sites (N-methyl/N-ethyl adjacent to an activating group) is 1. The van der Waals surface area contributed by atoms with Crippen LogP contribution in [-0.4, -0.2) is 29.3 Å². The molecule has 0 saturated carbocycles. The van der Waals surface area contributed by atoms with Gasteiger partial charge in [0, 0.05) is 40.8 Å². The van der Waals surface area contributed by atoms with E-state index in [9.17, 15) is 15.0 Å². The number of hydrogen-bond acceptors (Lipinski definition) is 5. The Kier molecular flexibility index (Phi) is 6.44. The fraction of sp³-hybridized carbons (Fsp3) is 0.167. The van der Waals surface area contributed by atoms with E-state index in [0.29, 0.717) is 16.3 Å². The highest BCUT2D eigenvalue weighted by Gasteiger charge is 2.35. The summed E-state index contributed by atoms with van der Waals surface area (Å²) in [6.07, 6.45) is -1.23. The van der Waals surface area contributed by atoms with E-state index in [0.717, 1.165) is 27.6 Å². The number of nitrogens with one attached hydrogen (secondary N) is 1. The molecule has 2 atom stereocenters. The van der Waals surface area contributed by atoms with Gasteiger partial charge < -0.3 is 20.4 Å². The monoisotopic (exact) mass is 498 g/mol. The molecule has 0 radical (unpaired) electrons. The summed E-state index contributed by atoms with van der Waals surface area (Å²) in [7, 11) is 1.72. The molecule has 4 aromatic carbocycles. The lowest BCUT2D eigenvalue weighted by Gasteiger charge is -2.34. The summed E-state index contributed by atoms with van der Waals surface area (Å²) in [6.45, 7) is 1.94. The van der Waals surface area contributed by atoms with Crippen LogP contribution in [0.3, 0.4) is 0 Å². The van der Waals surface area contributed by atoms with Crippen LogP contribution in [0.5, 0.6) is 0 Å². The van der Waals surface area contributed by atoms with Crippen LogP contribution in [0.15, 0.2) is 90.5 Å².